The maximum Gasteiger partial charge on any atom is 0.139 e. The Morgan fingerprint density at radius 2 is 1.48 bits per heavy atom. The van der Waals surface area contributed by atoms with Gasteiger partial charge in [-0.05, 0) is 34.4 Å². The van der Waals surface area contributed by atoms with Crippen LogP contribution >= 0.6 is 0 Å². The molecule has 0 atom stereocenters. The fraction of sp³-hybridized carbons (Fsp3) is 0.154. The minimum absolute atomic E-state index is 0.880. The van der Waals surface area contributed by atoms with Crippen molar-refractivity contribution in [3.8, 4) is 0 Å². The maximum atomic E-state index is 6.55. The SMILES string of the molecule is CCCc1cccc2c1oc1c(Cc3ccccc3)cc3ccccc3c12. The van der Waals surface area contributed by atoms with Gasteiger partial charge in [-0.3, -0.25) is 0 Å². The van der Waals surface area contributed by atoms with Crippen LogP contribution in [0.3, 0.4) is 0 Å². The molecule has 132 valence electrons. The van der Waals surface area contributed by atoms with E-state index in [1.54, 1.807) is 0 Å². The molecule has 0 spiro atoms. The number of benzene rings is 4. The van der Waals surface area contributed by atoms with Crippen molar-refractivity contribution in [3.05, 3.63) is 95.6 Å². The van der Waals surface area contributed by atoms with Gasteiger partial charge in [-0.2, -0.15) is 0 Å². The first-order chi connectivity index (χ1) is 13.3. The Hall–Kier alpha value is -3.06. The number of fused-ring (bicyclic) bond motifs is 5. The third kappa shape index (κ3) is 2.71. The van der Waals surface area contributed by atoms with Gasteiger partial charge < -0.3 is 4.42 Å². The Morgan fingerprint density at radius 1 is 0.704 bits per heavy atom. The largest absolute Gasteiger partial charge is 0.455 e. The summed E-state index contributed by atoms with van der Waals surface area (Å²) in [4.78, 5) is 0. The molecule has 0 saturated heterocycles. The molecule has 5 rings (SSSR count). The average Bonchev–Trinajstić information content (AvgIpc) is 3.11. The van der Waals surface area contributed by atoms with E-state index >= 15 is 0 Å². The lowest BCUT2D eigenvalue weighted by molar-refractivity contribution is 0.657. The first-order valence-corrected chi connectivity index (χ1v) is 9.74. The van der Waals surface area contributed by atoms with Gasteiger partial charge in [0.25, 0.3) is 0 Å². The molecule has 0 unspecified atom stereocenters. The second-order valence-electron chi connectivity index (χ2n) is 7.27. The molecule has 5 aromatic rings. The minimum atomic E-state index is 0.880. The summed E-state index contributed by atoms with van der Waals surface area (Å²) in [6.07, 6.45) is 3.04. The van der Waals surface area contributed by atoms with Crippen LogP contribution in [-0.4, -0.2) is 0 Å². The molecule has 0 aliphatic rings. The molecule has 0 fully saturated rings. The van der Waals surface area contributed by atoms with Crippen molar-refractivity contribution in [2.75, 3.05) is 0 Å². The van der Waals surface area contributed by atoms with E-state index in [4.69, 9.17) is 4.42 Å². The molecule has 0 aliphatic carbocycles. The van der Waals surface area contributed by atoms with Crippen LogP contribution in [0.5, 0.6) is 0 Å². The van der Waals surface area contributed by atoms with E-state index in [1.165, 1.54) is 38.2 Å². The van der Waals surface area contributed by atoms with Gasteiger partial charge in [0.05, 0.1) is 0 Å². The van der Waals surface area contributed by atoms with Crippen LogP contribution in [-0.2, 0) is 12.8 Å². The molecule has 1 heteroatoms. The Kier molecular flexibility index (Phi) is 3.94. The molecular weight excluding hydrogens is 328 g/mol. The van der Waals surface area contributed by atoms with Crippen molar-refractivity contribution in [2.24, 2.45) is 0 Å². The lowest BCUT2D eigenvalue weighted by Gasteiger charge is -2.07. The van der Waals surface area contributed by atoms with E-state index in [-0.39, 0.29) is 0 Å². The first-order valence-electron chi connectivity index (χ1n) is 9.74. The number of furan rings is 1. The zero-order chi connectivity index (χ0) is 18.2. The lowest BCUT2D eigenvalue weighted by Crippen LogP contribution is -1.89. The second-order valence-corrected chi connectivity index (χ2v) is 7.27. The summed E-state index contributed by atoms with van der Waals surface area (Å²) in [5.41, 5.74) is 5.97. The molecule has 1 heterocycles. The third-order valence-corrected chi connectivity index (χ3v) is 5.41. The van der Waals surface area contributed by atoms with Crippen molar-refractivity contribution in [3.63, 3.8) is 0 Å². The van der Waals surface area contributed by atoms with Crippen molar-refractivity contribution in [1.29, 1.82) is 0 Å². The lowest BCUT2D eigenvalue weighted by atomic mass is 9.96. The molecule has 0 saturated carbocycles. The first kappa shape index (κ1) is 16.1. The van der Waals surface area contributed by atoms with Crippen molar-refractivity contribution < 1.29 is 4.42 Å². The van der Waals surface area contributed by atoms with Crippen LogP contribution in [0.4, 0.5) is 0 Å². The molecule has 0 radical (unpaired) electrons. The molecular formula is C26H22O. The van der Waals surface area contributed by atoms with Gasteiger partial charge in [0, 0.05) is 22.8 Å². The topological polar surface area (TPSA) is 13.1 Å². The standard InChI is InChI=1S/C26H22O/c1-2-9-19-13-8-15-23-24-22-14-7-6-12-20(22)17-21(26(24)27-25(19)23)16-18-10-4-3-5-11-18/h3-8,10-15,17H,2,9,16H2,1H3. The Balaban J connectivity index is 1.86. The van der Waals surface area contributed by atoms with Gasteiger partial charge in [0.15, 0.2) is 0 Å². The summed E-state index contributed by atoms with van der Waals surface area (Å²) in [5, 5.41) is 5.05. The van der Waals surface area contributed by atoms with E-state index in [0.29, 0.717) is 0 Å². The Labute approximate surface area is 159 Å². The van der Waals surface area contributed by atoms with Crippen LogP contribution in [0.15, 0.2) is 83.3 Å². The van der Waals surface area contributed by atoms with Gasteiger partial charge in [0.1, 0.15) is 11.2 Å². The van der Waals surface area contributed by atoms with Gasteiger partial charge in [-0.1, -0.05) is 86.1 Å². The van der Waals surface area contributed by atoms with E-state index in [1.807, 2.05) is 0 Å². The number of para-hydroxylation sites is 1. The molecule has 1 nitrogen and oxygen atoms in total. The van der Waals surface area contributed by atoms with Gasteiger partial charge >= 0.3 is 0 Å². The zero-order valence-electron chi connectivity index (χ0n) is 15.5. The summed E-state index contributed by atoms with van der Waals surface area (Å²) >= 11 is 0. The normalized spacial score (nSPS) is 11.6. The summed E-state index contributed by atoms with van der Waals surface area (Å²) in [5.74, 6) is 0. The molecule has 0 N–H and O–H groups in total. The Morgan fingerprint density at radius 3 is 2.33 bits per heavy atom. The predicted molar refractivity (Wildman–Crippen MR) is 114 cm³/mol. The predicted octanol–water partition coefficient (Wildman–Crippen LogP) is 7.28. The quantitative estimate of drug-likeness (QED) is 0.332. The summed E-state index contributed by atoms with van der Waals surface area (Å²) in [7, 11) is 0. The Bertz CT molecular complexity index is 1250. The van der Waals surface area contributed by atoms with Crippen LogP contribution in [0.1, 0.15) is 30.0 Å². The molecule has 4 aromatic carbocycles. The van der Waals surface area contributed by atoms with Crippen LogP contribution in [0, 0.1) is 0 Å². The van der Waals surface area contributed by atoms with E-state index < -0.39 is 0 Å². The fourth-order valence-corrected chi connectivity index (χ4v) is 4.19. The van der Waals surface area contributed by atoms with E-state index in [9.17, 15) is 0 Å². The summed E-state index contributed by atoms with van der Waals surface area (Å²) < 4.78 is 6.55. The van der Waals surface area contributed by atoms with Crippen molar-refractivity contribution in [1.82, 2.24) is 0 Å². The summed E-state index contributed by atoms with van der Waals surface area (Å²) in [6, 6.07) is 28.2. The molecule has 0 bridgehead atoms. The molecule has 1 aromatic heterocycles. The molecule has 0 aliphatic heterocycles. The van der Waals surface area contributed by atoms with Gasteiger partial charge in [-0.15, -0.1) is 0 Å². The minimum Gasteiger partial charge on any atom is -0.455 e. The number of aryl methyl sites for hydroxylation is 1. The van der Waals surface area contributed by atoms with Gasteiger partial charge in [-0.25, -0.2) is 0 Å². The monoisotopic (exact) mass is 350 g/mol. The highest BCUT2D eigenvalue weighted by molar-refractivity contribution is 6.20. The number of hydrogen-bond donors (Lipinski definition) is 0. The van der Waals surface area contributed by atoms with Crippen LogP contribution < -0.4 is 0 Å². The number of hydrogen-bond acceptors (Lipinski definition) is 1. The zero-order valence-corrected chi connectivity index (χ0v) is 15.5. The molecule has 27 heavy (non-hydrogen) atoms. The fourth-order valence-electron chi connectivity index (χ4n) is 4.19. The van der Waals surface area contributed by atoms with E-state index in [0.717, 1.165) is 30.4 Å². The second kappa shape index (κ2) is 6.59. The van der Waals surface area contributed by atoms with Crippen LogP contribution in [0.25, 0.3) is 32.7 Å². The van der Waals surface area contributed by atoms with E-state index in [2.05, 4.69) is 85.8 Å². The maximum absolute atomic E-state index is 6.55. The highest BCUT2D eigenvalue weighted by Gasteiger charge is 2.16. The number of rotatable bonds is 4. The highest BCUT2D eigenvalue weighted by Crippen LogP contribution is 2.39. The van der Waals surface area contributed by atoms with Crippen molar-refractivity contribution >= 4 is 32.7 Å². The van der Waals surface area contributed by atoms with Gasteiger partial charge in [0.2, 0.25) is 0 Å². The molecule has 0 amide bonds. The summed E-state index contributed by atoms with van der Waals surface area (Å²) in [6.45, 7) is 2.22. The highest BCUT2D eigenvalue weighted by atomic mass is 16.3. The van der Waals surface area contributed by atoms with Crippen LogP contribution in [0.2, 0.25) is 0 Å². The smallest absolute Gasteiger partial charge is 0.139 e. The van der Waals surface area contributed by atoms with Crippen molar-refractivity contribution in [2.45, 2.75) is 26.2 Å². The average molecular weight is 350 g/mol. The third-order valence-electron chi connectivity index (χ3n) is 5.41.